The highest BCUT2D eigenvalue weighted by atomic mass is 16.5. The van der Waals surface area contributed by atoms with Gasteiger partial charge in [-0.1, -0.05) is 26.8 Å². The van der Waals surface area contributed by atoms with Crippen LogP contribution in [-0.2, 0) is 9.59 Å². The maximum absolute atomic E-state index is 13.4. The Labute approximate surface area is 207 Å². The number of methoxy groups -OCH3 is 3. The van der Waals surface area contributed by atoms with Gasteiger partial charge in [-0.3, -0.25) is 9.59 Å². The van der Waals surface area contributed by atoms with Gasteiger partial charge in [0.25, 0.3) is 5.91 Å². The number of rotatable bonds is 8. The molecule has 2 aromatic rings. The van der Waals surface area contributed by atoms with Gasteiger partial charge in [-0.15, -0.1) is 0 Å². The number of carbonyl (C=O) groups excluding carboxylic acids is 2. The Bertz CT molecular complexity index is 1090. The molecule has 3 rings (SSSR count). The van der Waals surface area contributed by atoms with Crippen LogP contribution in [0, 0.1) is 5.41 Å². The van der Waals surface area contributed by atoms with Gasteiger partial charge >= 0.3 is 0 Å². The average molecular weight is 482 g/mol. The van der Waals surface area contributed by atoms with Crippen molar-refractivity contribution in [3.05, 3.63) is 53.6 Å². The van der Waals surface area contributed by atoms with E-state index in [2.05, 4.69) is 0 Å². The molecule has 1 atom stereocenters. The van der Waals surface area contributed by atoms with E-state index in [9.17, 15) is 9.59 Å². The molecule has 0 aromatic heterocycles. The second-order valence-electron chi connectivity index (χ2n) is 9.84. The summed E-state index contributed by atoms with van der Waals surface area (Å²) in [5, 5.41) is 6.19. The van der Waals surface area contributed by atoms with Crippen LogP contribution in [0.15, 0.2) is 47.6 Å². The normalized spacial score (nSPS) is 15.5. The van der Waals surface area contributed by atoms with Crippen molar-refractivity contribution >= 4 is 17.5 Å². The molecule has 0 saturated heterocycles. The summed E-state index contributed by atoms with van der Waals surface area (Å²) in [7, 11) is 6.43. The molecule has 1 heterocycles. The van der Waals surface area contributed by atoms with Gasteiger partial charge in [0, 0.05) is 19.9 Å². The molecule has 1 aliphatic rings. The molecule has 1 aliphatic heterocycles. The van der Waals surface area contributed by atoms with Crippen LogP contribution < -0.4 is 14.2 Å². The number of hydrogen-bond donors (Lipinski definition) is 0. The molecule has 8 heteroatoms. The van der Waals surface area contributed by atoms with Crippen LogP contribution in [0.2, 0.25) is 0 Å². The molecule has 188 valence electrons. The molecule has 35 heavy (non-hydrogen) atoms. The number of carbonyl (C=O) groups is 2. The Kier molecular flexibility index (Phi) is 8.04. The summed E-state index contributed by atoms with van der Waals surface area (Å²) >= 11 is 0. The quantitative estimate of drug-likeness (QED) is 0.562. The predicted octanol–water partition coefficient (Wildman–Crippen LogP) is 4.28. The molecule has 0 fully saturated rings. The molecule has 8 nitrogen and oxygen atoms in total. The predicted molar refractivity (Wildman–Crippen MR) is 135 cm³/mol. The van der Waals surface area contributed by atoms with Crippen LogP contribution in [0.1, 0.15) is 50.8 Å². The van der Waals surface area contributed by atoms with Gasteiger partial charge < -0.3 is 19.1 Å². The fourth-order valence-corrected chi connectivity index (χ4v) is 3.97. The lowest BCUT2D eigenvalue weighted by Gasteiger charge is -2.27. The number of benzene rings is 2. The van der Waals surface area contributed by atoms with E-state index in [1.165, 1.54) is 9.91 Å². The number of hydrazone groups is 1. The van der Waals surface area contributed by atoms with Crippen molar-refractivity contribution in [1.82, 2.24) is 9.91 Å². The van der Waals surface area contributed by atoms with E-state index in [-0.39, 0.29) is 29.8 Å². The molecule has 0 unspecified atom stereocenters. The fourth-order valence-electron chi connectivity index (χ4n) is 3.97. The molecule has 2 amide bonds. The van der Waals surface area contributed by atoms with Gasteiger partial charge in [-0.25, -0.2) is 5.01 Å². The van der Waals surface area contributed by atoms with Crippen molar-refractivity contribution in [2.75, 3.05) is 34.9 Å². The monoisotopic (exact) mass is 481 g/mol. The standard InChI is InChI=1S/C27H35N3O5/c1-27(2,3)16-25(31)29(4)17-26(32)30-22(19-10-13-23(34-6)24(14-19)35-7)15-21(28-30)18-8-11-20(33-5)12-9-18/h8-14,22H,15-17H2,1-7H3/t22-/m0/s1. The summed E-state index contributed by atoms with van der Waals surface area (Å²) in [5.74, 6) is 1.60. The van der Waals surface area contributed by atoms with Gasteiger partial charge in [-0.05, 0) is 52.9 Å². The van der Waals surface area contributed by atoms with E-state index in [1.807, 2.05) is 63.2 Å². The summed E-state index contributed by atoms with van der Waals surface area (Å²) < 4.78 is 16.1. The Morgan fingerprint density at radius 2 is 1.66 bits per heavy atom. The van der Waals surface area contributed by atoms with Crippen molar-refractivity contribution in [3.8, 4) is 17.2 Å². The SMILES string of the molecule is COc1ccc(C2=NN(C(=O)CN(C)C(=O)CC(C)(C)C)[C@H](c3ccc(OC)c(OC)c3)C2)cc1. The first-order valence-electron chi connectivity index (χ1n) is 11.6. The van der Waals surface area contributed by atoms with Crippen LogP contribution in [-0.4, -0.2) is 62.4 Å². The van der Waals surface area contributed by atoms with Crippen molar-refractivity contribution < 1.29 is 23.8 Å². The summed E-state index contributed by atoms with van der Waals surface area (Å²) in [5.41, 5.74) is 2.39. The van der Waals surface area contributed by atoms with Gasteiger partial charge in [0.15, 0.2) is 11.5 Å². The molecule has 0 N–H and O–H groups in total. The zero-order chi connectivity index (χ0) is 25.8. The lowest BCUT2D eigenvalue weighted by Crippen LogP contribution is -2.40. The average Bonchev–Trinajstić information content (AvgIpc) is 3.28. The zero-order valence-electron chi connectivity index (χ0n) is 21.6. The van der Waals surface area contributed by atoms with Crippen molar-refractivity contribution in [2.45, 2.75) is 39.7 Å². The number of hydrogen-bond acceptors (Lipinski definition) is 6. The lowest BCUT2D eigenvalue weighted by molar-refractivity contribution is -0.141. The van der Waals surface area contributed by atoms with Gasteiger partial charge in [0.2, 0.25) is 5.91 Å². The minimum Gasteiger partial charge on any atom is -0.497 e. The first-order chi connectivity index (χ1) is 16.6. The van der Waals surface area contributed by atoms with Gasteiger partial charge in [0.05, 0.1) is 33.1 Å². The van der Waals surface area contributed by atoms with E-state index < -0.39 is 0 Å². The van der Waals surface area contributed by atoms with E-state index in [0.717, 1.165) is 22.6 Å². The second kappa shape index (κ2) is 10.8. The highest BCUT2D eigenvalue weighted by molar-refractivity contribution is 6.03. The molecule has 0 saturated carbocycles. The summed E-state index contributed by atoms with van der Waals surface area (Å²) in [4.78, 5) is 27.5. The Balaban J connectivity index is 1.91. The molecular weight excluding hydrogens is 446 g/mol. The van der Waals surface area contributed by atoms with Crippen molar-refractivity contribution in [2.24, 2.45) is 10.5 Å². The molecule has 0 bridgehead atoms. The Morgan fingerprint density at radius 1 is 1.00 bits per heavy atom. The van der Waals surface area contributed by atoms with Crippen LogP contribution in [0.5, 0.6) is 17.2 Å². The molecular formula is C27H35N3O5. The third-order valence-electron chi connectivity index (χ3n) is 5.86. The van der Waals surface area contributed by atoms with E-state index in [4.69, 9.17) is 19.3 Å². The second-order valence-corrected chi connectivity index (χ2v) is 9.84. The third-order valence-corrected chi connectivity index (χ3v) is 5.86. The van der Waals surface area contributed by atoms with Crippen LogP contribution in [0.4, 0.5) is 0 Å². The van der Waals surface area contributed by atoms with E-state index >= 15 is 0 Å². The Hall–Kier alpha value is -3.55. The summed E-state index contributed by atoms with van der Waals surface area (Å²) in [6.07, 6.45) is 0.878. The first kappa shape index (κ1) is 26.1. The minimum absolute atomic E-state index is 0.0574. The zero-order valence-corrected chi connectivity index (χ0v) is 21.6. The first-order valence-corrected chi connectivity index (χ1v) is 11.6. The highest BCUT2D eigenvalue weighted by Crippen LogP contribution is 2.37. The lowest BCUT2D eigenvalue weighted by atomic mass is 9.92. The molecule has 0 spiro atoms. The topological polar surface area (TPSA) is 80.7 Å². The minimum atomic E-state index is -0.342. The molecule has 2 aromatic carbocycles. The molecule has 0 aliphatic carbocycles. The smallest absolute Gasteiger partial charge is 0.262 e. The van der Waals surface area contributed by atoms with E-state index in [1.54, 1.807) is 28.4 Å². The highest BCUT2D eigenvalue weighted by Gasteiger charge is 2.34. The summed E-state index contributed by atoms with van der Waals surface area (Å²) in [6.45, 7) is 5.94. The third kappa shape index (κ3) is 6.32. The maximum Gasteiger partial charge on any atom is 0.262 e. The van der Waals surface area contributed by atoms with Crippen LogP contribution >= 0.6 is 0 Å². The molecule has 0 radical (unpaired) electrons. The van der Waals surface area contributed by atoms with Crippen molar-refractivity contribution in [1.29, 1.82) is 0 Å². The van der Waals surface area contributed by atoms with E-state index in [0.29, 0.717) is 24.3 Å². The Morgan fingerprint density at radius 3 is 2.23 bits per heavy atom. The fraction of sp³-hybridized carbons (Fsp3) is 0.444. The van der Waals surface area contributed by atoms with Crippen LogP contribution in [0.3, 0.4) is 0 Å². The number of ether oxygens (including phenoxy) is 3. The maximum atomic E-state index is 13.4. The number of nitrogens with zero attached hydrogens (tertiary/aromatic N) is 3. The van der Waals surface area contributed by atoms with Gasteiger partial charge in [0.1, 0.15) is 12.3 Å². The van der Waals surface area contributed by atoms with Crippen LogP contribution in [0.25, 0.3) is 0 Å². The van der Waals surface area contributed by atoms with Crippen molar-refractivity contribution in [3.63, 3.8) is 0 Å². The number of likely N-dealkylation sites (N-methyl/N-ethyl adjacent to an activating group) is 1. The summed E-state index contributed by atoms with van der Waals surface area (Å²) in [6, 6.07) is 12.8. The number of amides is 2. The van der Waals surface area contributed by atoms with Gasteiger partial charge in [-0.2, -0.15) is 5.10 Å². The largest absolute Gasteiger partial charge is 0.497 e.